The molecule has 0 saturated carbocycles. The summed E-state index contributed by atoms with van der Waals surface area (Å²) in [6.07, 6.45) is 3.42. The van der Waals surface area contributed by atoms with Crippen molar-refractivity contribution in [3.05, 3.63) is 40.1 Å². The molecule has 1 aliphatic heterocycles. The van der Waals surface area contributed by atoms with Crippen LogP contribution in [0.5, 0.6) is 0 Å². The van der Waals surface area contributed by atoms with E-state index in [9.17, 15) is 0 Å². The lowest BCUT2D eigenvalue weighted by Crippen LogP contribution is -2.10. The van der Waals surface area contributed by atoms with Crippen LogP contribution in [0, 0.1) is 0 Å². The van der Waals surface area contributed by atoms with E-state index in [1.807, 2.05) is 24.3 Å². The molecule has 88 valence electrons. The van der Waals surface area contributed by atoms with Crippen LogP contribution in [-0.4, -0.2) is 9.55 Å². The highest BCUT2D eigenvalue weighted by Crippen LogP contribution is 2.30. The molecule has 0 fully saturated rings. The molecule has 0 saturated heterocycles. The molecule has 2 heterocycles. The normalized spacial score (nSPS) is 14.7. The van der Waals surface area contributed by atoms with Crippen LogP contribution in [-0.2, 0) is 13.0 Å². The highest BCUT2D eigenvalue weighted by atomic mass is 35.5. The number of imidazole rings is 1. The molecule has 2 nitrogen and oxygen atoms in total. The Morgan fingerprint density at radius 3 is 2.59 bits per heavy atom. The van der Waals surface area contributed by atoms with Gasteiger partial charge in [0.05, 0.1) is 5.69 Å². The van der Waals surface area contributed by atoms with Crippen molar-refractivity contribution in [3.63, 3.8) is 0 Å². The second-order valence-corrected chi connectivity index (χ2v) is 5.08. The smallest absolute Gasteiger partial charge is 0.150 e. The SMILES string of the molecule is Clc1ccc(-c2nc(Cl)c3n2CCCC3)cc1. The van der Waals surface area contributed by atoms with Gasteiger partial charge in [-0.1, -0.05) is 23.2 Å². The molecule has 3 rings (SSSR count). The third-order valence-electron chi connectivity index (χ3n) is 3.17. The third kappa shape index (κ3) is 1.96. The Hall–Kier alpha value is -0.990. The van der Waals surface area contributed by atoms with Crippen molar-refractivity contribution in [1.82, 2.24) is 9.55 Å². The largest absolute Gasteiger partial charge is 0.327 e. The van der Waals surface area contributed by atoms with E-state index in [0.717, 1.165) is 29.4 Å². The highest BCUT2D eigenvalue weighted by molar-refractivity contribution is 6.30. The van der Waals surface area contributed by atoms with Crippen LogP contribution in [0.1, 0.15) is 18.5 Å². The van der Waals surface area contributed by atoms with E-state index in [1.54, 1.807) is 0 Å². The second kappa shape index (κ2) is 4.35. The van der Waals surface area contributed by atoms with Crippen molar-refractivity contribution >= 4 is 23.2 Å². The lowest BCUT2D eigenvalue weighted by Gasteiger charge is -2.16. The van der Waals surface area contributed by atoms with Gasteiger partial charge in [0, 0.05) is 17.1 Å². The summed E-state index contributed by atoms with van der Waals surface area (Å²) in [6.45, 7) is 1.01. The number of hydrogen-bond donors (Lipinski definition) is 0. The van der Waals surface area contributed by atoms with Crippen molar-refractivity contribution < 1.29 is 0 Å². The van der Waals surface area contributed by atoms with Crippen LogP contribution in [0.25, 0.3) is 11.4 Å². The summed E-state index contributed by atoms with van der Waals surface area (Å²) in [5.41, 5.74) is 2.24. The standard InChI is InChI=1S/C13H12Cl2N2/c14-10-6-4-9(5-7-10)13-16-12(15)11-3-1-2-8-17(11)13/h4-7H,1-3,8H2. The lowest BCUT2D eigenvalue weighted by atomic mass is 10.1. The quantitative estimate of drug-likeness (QED) is 0.757. The van der Waals surface area contributed by atoms with Gasteiger partial charge in [0.2, 0.25) is 0 Å². The molecule has 0 atom stereocenters. The topological polar surface area (TPSA) is 17.8 Å². The zero-order chi connectivity index (χ0) is 11.8. The summed E-state index contributed by atoms with van der Waals surface area (Å²) >= 11 is 12.1. The Kier molecular flexibility index (Phi) is 2.85. The zero-order valence-electron chi connectivity index (χ0n) is 9.29. The molecule has 0 amide bonds. The van der Waals surface area contributed by atoms with Crippen molar-refractivity contribution in [1.29, 1.82) is 0 Å². The Labute approximate surface area is 110 Å². The van der Waals surface area contributed by atoms with Gasteiger partial charge in [0.25, 0.3) is 0 Å². The van der Waals surface area contributed by atoms with Crippen molar-refractivity contribution in [2.75, 3.05) is 0 Å². The van der Waals surface area contributed by atoms with Gasteiger partial charge in [0.1, 0.15) is 5.82 Å². The first kappa shape index (κ1) is 11.1. The minimum atomic E-state index is 0.648. The summed E-state index contributed by atoms with van der Waals surface area (Å²) in [5, 5.41) is 1.39. The molecule has 0 bridgehead atoms. The maximum Gasteiger partial charge on any atom is 0.150 e. The van der Waals surface area contributed by atoms with Crippen molar-refractivity contribution in [2.24, 2.45) is 0 Å². The molecule has 4 heteroatoms. The Morgan fingerprint density at radius 1 is 1.06 bits per heavy atom. The van der Waals surface area contributed by atoms with E-state index in [2.05, 4.69) is 9.55 Å². The Bertz CT molecular complexity index is 543. The number of halogens is 2. The monoisotopic (exact) mass is 266 g/mol. The summed E-state index contributed by atoms with van der Waals surface area (Å²) < 4.78 is 2.23. The van der Waals surface area contributed by atoms with Gasteiger partial charge in [-0.2, -0.15) is 0 Å². The molecule has 17 heavy (non-hydrogen) atoms. The predicted molar refractivity (Wildman–Crippen MR) is 70.6 cm³/mol. The number of benzene rings is 1. The summed E-state index contributed by atoms with van der Waals surface area (Å²) in [6, 6.07) is 7.75. The lowest BCUT2D eigenvalue weighted by molar-refractivity contribution is 0.536. The van der Waals surface area contributed by atoms with Crippen molar-refractivity contribution in [3.8, 4) is 11.4 Å². The van der Waals surface area contributed by atoms with Crippen molar-refractivity contribution in [2.45, 2.75) is 25.8 Å². The molecular weight excluding hydrogens is 255 g/mol. The van der Waals surface area contributed by atoms with Gasteiger partial charge in [-0.25, -0.2) is 4.98 Å². The van der Waals surface area contributed by atoms with E-state index in [0.29, 0.717) is 5.15 Å². The van der Waals surface area contributed by atoms with Crippen LogP contribution in [0.4, 0.5) is 0 Å². The maximum atomic E-state index is 6.19. The van der Waals surface area contributed by atoms with Crippen LogP contribution in [0.2, 0.25) is 10.2 Å². The fourth-order valence-corrected chi connectivity index (χ4v) is 2.72. The molecule has 0 N–H and O–H groups in total. The third-order valence-corrected chi connectivity index (χ3v) is 3.73. The highest BCUT2D eigenvalue weighted by Gasteiger charge is 2.19. The average Bonchev–Trinajstić information content (AvgIpc) is 2.69. The summed E-state index contributed by atoms with van der Waals surface area (Å²) in [7, 11) is 0. The van der Waals surface area contributed by atoms with Gasteiger partial charge in [-0.15, -0.1) is 0 Å². The Balaban J connectivity index is 2.11. The van der Waals surface area contributed by atoms with Gasteiger partial charge in [-0.3, -0.25) is 0 Å². The molecule has 2 aromatic rings. The predicted octanol–water partition coefficient (Wildman–Crippen LogP) is 4.19. The number of nitrogens with zero attached hydrogens (tertiary/aromatic N) is 2. The average molecular weight is 267 g/mol. The first-order chi connectivity index (χ1) is 8.25. The maximum absolute atomic E-state index is 6.19. The van der Waals surface area contributed by atoms with Gasteiger partial charge >= 0.3 is 0 Å². The second-order valence-electron chi connectivity index (χ2n) is 4.29. The van der Waals surface area contributed by atoms with E-state index in [-0.39, 0.29) is 0 Å². The van der Waals surface area contributed by atoms with Crippen LogP contribution in [0.3, 0.4) is 0 Å². The Morgan fingerprint density at radius 2 is 1.82 bits per heavy atom. The van der Waals surface area contributed by atoms with Gasteiger partial charge < -0.3 is 4.57 Å². The minimum absolute atomic E-state index is 0.648. The summed E-state index contributed by atoms with van der Waals surface area (Å²) in [5.74, 6) is 0.960. The number of fused-ring (bicyclic) bond motifs is 1. The fourth-order valence-electron chi connectivity index (χ4n) is 2.32. The summed E-state index contributed by atoms with van der Waals surface area (Å²) in [4.78, 5) is 4.48. The fraction of sp³-hybridized carbons (Fsp3) is 0.308. The van der Waals surface area contributed by atoms with E-state index in [1.165, 1.54) is 18.5 Å². The van der Waals surface area contributed by atoms with Crippen LogP contribution >= 0.6 is 23.2 Å². The molecule has 0 spiro atoms. The first-order valence-corrected chi connectivity index (χ1v) is 6.52. The van der Waals surface area contributed by atoms with E-state index < -0.39 is 0 Å². The minimum Gasteiger partial charge on any atom is -0.327 e. The molecule has 0 aliphatic carbocycles. The van der Waals surface area contributed by atoms with Gasteiger partial charge in [0.15, 0.2) is 5.15 Å². The molecule has 0 radical (unpaired) electrons. The van der Waals surface area contributed by atoms with Gasteiger partial charge in [-0.05, 0) is 43.5 Å². The molecule has 1 aliphatic rings. The number of aromatic nitrogens is 2. The van der Waals surface area contributed by atoms with Crippen LogP contribution in [0.15, 0.2) is 24.3 Å². The molecule has 0 unspecified atom stereocenters. The van der Waals surface area contributed by atoms with E-state index >= 15 is 0 Å². The number of rotatable bonds is 1. The molecule has 1 aromatic heterocycles. The van der Waals surface area contributed by atoms with Crippen LogP contribution < -0.4 is 0 Å². The number of hydrogen-bond acceptors (Lipinski definition) is 1. The molecule has 1 aromatic carbocycles. The molecular formula is C13H12Cl2N2. The van der Waals surface area contributed by atoms with E-state index in [4.69, 9.17) is 23.2 Å². The zero-order valence-corrected chi connectivity index (χ0v) is 10.8. The first-order valence-electron chi connectivity index (χ1n) is 5.76.